The molecule has 1 atom stereocenters. The number of amides is 2. The van der Waals surface area contributed by atoms with Crippen LogP contribution in [0.4, 0.5) is 14.9 Å². The normalized spacial score (nSPS) is 22.5. The lowest BCUT2D eigenvalue weighted by Gasteiger charge is -2.16. The number of aromatic nitrogens is 3. The summed E-state index contributed by atoms with van der Waals surface area (Å²) in [5, 5.41) is 12.1. The molecule has 2 aromatic heterocycles. The Kier molecular flexibility index (Phi) is 3.75. The number of hydrogen-bond donors (Lipinski definition) is 2. The Balaban J connectivity index is 1.35. The molecule has 8 nitrogen and oxygen atoms in total. The second-order valence-corrected chi connectivity index (χ2v) is 10.7. The van der Waals surface area contributed by atoms with Gasteiger partial charge in [-0.05, 0) is 68.9 Å². The Bertz CT molecular complexity index is 1220. The number of nitrogens with two attached hydrogens (primary N) is 1. The molecule has 0 radical (unpaired) electrons. The third-order valence-electron chi connectivity index (χ3n) is 6.84. The average Bonchev–Trinajstić information content (AvgIpc) is 3.55. The van der Waals surface area contributed by atoms with Crippen LogP contribution in [0.15, 0.2) is 15.6 Å². The number of anilines is 1. The lowest BCUT2D eigenvalue weighted by molar-refractivity contribution is 0.260. The van der Waals surface area contributed by atoms with Crippen LogP contribution in [0, 0.1) is 5.82 Å². The summed E-state index contributed by atoms with van der Waals surface area (Å²) in [4.78, 5) is 17.7. The van der Waals surface area contributed by atoms with Crippen LogP contribution >= 0.6 is 0 Å². The highest BCUT2D eigenvalue weighted by Crippen LogP contribution is 2.58. The van der Waals surface area contributed by atoms with Gasteiger partial charge in [0.15, 0.2) is 15.7 Å². The van der Waals surface area contributed by atoms with Crippen molar-refractivity contribution in [2.24, 2.45) is 9.50 Å². The molecular weight excluding hydrogens is 407 g/mol. The summed E-state index contributed by atoms with van der Waals surface area (Å²) in [6.45, 7) is 0. The van der Waals surface area contributed by atoms with Gasteiger partial charge in [-0.25, -0.2) is 18.5 Å². The highest BCUT2D eigenvalue weighted by molar-refractivity contribution is 7.91. The molecule has 2 amide bonds. The number of nitrogens with one attached hydrogen (secondary N) is 1. The molecule has 0 aromatic carbocycles. The fourth-order valence-corrected chi connectivity index (χ4v) is 5.87. The van der Waals surface area contributed by atoms with Crippen LogP contribution in [0.1, 0.15) is 67.1 Å². The van der Waals surface area contributed by atoms with Gasteiger partial charge in [0.05, 0.1) is 23.6 Å². The Morgan fingerprint density at radius 3 is 2.80 bits per heavy atom. The maximum Gasteiger partial charge on any atom is 0.354 e. The number of carbonyl (C=O) groups excluding carboxylic acids is 1. The molecule has 0 bridgehead atoms. The first-order valence-corrected chi connectivity index (χ1v) is 12.1. The first kappa shape index (κ1) is 18.4. The zero-order valence-electron chi connectivity index (χ0n) is 16.5. The molecule has 6 rings (SSSR count). The van der Waals surface area contributed by atoms with Crippen LogP contribution in [0.2, 0.25) is 0 Å². The van der Waals surface area contributed by atoms with Crippen LogP contribution < -0.4 is 10.5 Å². The predicted molar refractivity (Wildman–Crippen MR) is 108 cm³/mol. The third kappa shape index (κ3) is 2.80. The lowest BCUT2D eigenvalue weighted by Crippen LogP contribution is -2.20. The molecule has 0 saturated heterocycles. The zero-order chi connectivity index (χ0) is 20.7. The van der Waals surface area contributed by atoms with E-state index in [-0.39, 0.29) is 11.5 Å². The van der Waals surface area contributed by atoms with Gasteiger partial charge in [-0.15, -0.1) is 4.36 Å². The second kappa shape index (κ2) is 6.10. The lowest BCUT2D eigenvalue weighted by atomic mass is 10.0. The molecule has 1 spiro atoms. The fourth-order valence-electron chi connectivity index (χ4n) is 4.95. The van der Waals surface area contributed by atoms with E-state index >= 15 is 0 Å². The van der Waals surface area contributed by atoms with Crippen LogP contribution in [0.25, 0.3) is 0 Å². The smallest absolute Gasteiger partial charge is 0.305 e. The molecule has 4 aliphatic rings. The Morgan fingerprint density at radius 1 is 1.27 bits per heavy atom. The first-order chi connectivity index (χ1) is 14.4. The summed E-state index contributed by atoms with van der Waals surface area (Å²) < 4.78 is 32.2. The minimum absolute atomic E-state index is 0.106. The molecule has 10 heteroatoms. The van der Waals surface area contributed by atoms with E-state index in [1.807, 2.05) is 0 Å². The number of rotatable bonds is 3. The van der Waals surface area contributed by atoms with Crippen molar-refractivity contribution in [1.29, 1.82) is 0 Å². The Labute approximate surface area is 173 Å². The molecule has 1 unspecified atom stereocenters. The zero-order valence-corrected chi connectivity index (χ0v) is 17.3. The van der Waals surface area contributed by atoms with Crippen LogP contribution in [-0.4, -0.2) is 25.0 Å². The summed E-state index contributed by atoms with van der Waals surface area (Å²) in [6, 6.07) is -0.726. The molecule has 30 heavy (non-hydrogen) atoms. The third-order valence-corrected chi connectivity index (χ3v) is 8.11. The van der Waals surface area contributed by atoms with Gasteiger partial charge in [0.1, 0.15) is 0 Å². The van der Waals surface area contributed by atoms with E-state index in [1.165, 1.54) is 10.9 Å². The van der Waals surface area contributed by atoms with Crippen molar-refractivity contribution in [2.45, 2.75) is 74.3 Å². The minimum atomic E-state index is -3.79. The van der Waals surface area contributed by atoms with E-state index in [2.05, 4.69) is 14.8 Å². The summed E-state index contributed by atoms with van der Waals surface area (Å²) in [6.07, 6.45) is 9.89. The SMILES string of the molecule is NS(=O)(=NC(=O)Nc1c2c(nc3c1CCC31CC1)CCC2)c1nn(C2CC2)cc1F. The molecule has 2 saturated carbocycles. The molecule has 2 fully saturated rings. The largest absolute Gasteiger partial charge is 0.354 e. The highest BCUT2D eigenvalue weighted by atomic mass is 32.2. The van der Waals surface area contributed by atoms with Crippen molar-refractivity contribution in [2.75, 3.05) is 5.32 Å². The van der Waals surface area contributed by atoms with Gasteiger partial charge in [0.2, 0.25) is 5.03 Å². The number of carbonyl (C=O) groups is 1. The van der Waals surface area contributed by atoms with Crippen molar-refractivity contribution in [1.82, 2.24) is 14.8 Å². The average molecular weight is 431 g/mol. The van der Waals surface area contributed by atoms with Crippen LogP contribution in [0.3, 0.4) is 0 Å². The Hall–Kier alpha value is -2.33. The fraction of sp³-hybridized carbons (Fsp3) is 0.550. The van der Waals surface area contributed by atoms with Crippen molar-refractivity contribution < 1.29 is 13.4 Å². The topological polar surface area (TPSA) is 115 Å². The number of halogens is 1. The van der Waals surface area contributed by atoms with E-state index in [4.69, 9.17) is 10.1 Å². The van der Waals surface area contributed by atoms with Gasteiger partial charge in [-0.2, -0.15) is 5.10 Å². The quantitative estimate of drug-likeness (QED) is 0.778. The summed E-state index contributed by atoms with van der Waals surface area (Å²) >= 11 is 0. The molecular formula is C20H23FN6O2S. The standard InChI is InChI=1S/C20H23FN6O2S/c21-14-10-27(11-4-5-11)25-18(14)30(22,29)26-19(28)24-16-12-2-1-3-15(12)23-17-13(16)6-7-20(17)8-9-20/h10-11H,1-9H2,(H3,22,23,24,26,28,29). The number of fused-ring (bicyclic) bond motifs is 3. The van der Waals surface area contributed by atoms with E-state index < -0.39 is 26.8 Å². The van der Waals surface area contributed by atoms with Gasteiger partial charge in [-0.3, -0.25) is 9.67 Å². The van der Waals surface area contributed by atoms with E-state index in [9.17, 15) is 13.4 Å². The van der Waals surface area contributed by atoms with Gasteiger partial charge < -0.3 is 5.32 Å². The van der Waals surface area contributed by atoms with Crippen molar-refractivity contribution >= 4 is 21.6 Å². The maximum atomic E-state index is 14.3. The summed E-state index contributed by atoms with van der Waals surface area (Å²) in [5.41, 5.74) is 5.21. The predicted octanol–water partition coefficient (Wildman–Crippen LogP) is 3.15. The van der Waals surface area contributed by atoms with Crippen LogP contribution in [0.5, 0.6) is 0 Å². The number of hydrogen-bond acceptors (Lipinski definition) is 4. The Morgan fingerprint density at radius 2 is 2.07 bits per heavy atom. The monoisotopic (exact) mass is 430 g/mol. The van der Waals surface area contributed by atoms with Gasteiger partial charge >= 0.3 is 6.03 Å². The van der Waals surface area contributed by atoms with Crippen molar-refractivity contribution in [3.63, 3.8) is 0 Å². The molecule has 0 aliphatic heterocycles. The van der Waals surface area contributed by atoms with E-state index in [0.717, 1.165) is 86.0 Å². The number of pyridine rings is 1. The molecule has 2 heterocycles. The van der Waals surface area contributed by atoms with Crippen molar-refractivity contribution in [3.8, 4) is 0 Å². The molecule has 158 valence electrons. The number of nitrogens with zero attached hydrogens (tertiary/aromatic N) is 4. The van der Waals surface area contributed by atoms with Gasteiger partial charge in [-0.1, -0.05) is 0 Å². The number of aryl methyl sites for hydroxylation is 1. The highest BCUT2D eigenvalue weighted by Gasteiger charge is 2.51. The number of urea groups is 1. The second-order valence-electron chi connectivity index (χ2n) is 8.96. The summed E-state index contributed by atoms with van der Waals surface area (Å²) in [5.74, 6) is -0.799. The first-order valence-electron chi connectivity index (χ1n) is 10.5. The summed E-state index contributed by atoms with van der Waals surface area (Å²) in [7, 11) is -3.79. The van der Waals surface area contributed by atoms with Crippen molar-refractivity contribution in [3.05, 3.63) is 34.5 Å². The van der Waals surface area contributed by atoms with Gasteiger partial charge in [0.25, 0.3) is 0 Å². The van der Waals surface area contributed by atoms with E-state index in [1.54, 1.807) is 0 Å². The van der Waals surface area contributed by atoms with E-state index in [0.29, 0.717) is 0 Å². The maximum absolute atomic E-state index is 14.3. The molecule has 4 aliphatic carbocycles. The van der Waals surface area contributed by atoms with Crippen LogP contribution in [-0.2, 0) is 34.6 Å². The molecule has 2 aromatic rings. The minimum Gasteiger partial charge on any atom is -0.305 e. The molecule has 3 N–H and O–H groups in total. The van der Waals surface area contributed by atoms with Gasteiger partial charge in [0, 0.05) is 11.1 Å².